The van der Waals surface area contributed by atoms with E-state index in [1.54, 1.807) is 31.2 Å². The predicted molar refractivity (Wildman–Crippen MR) is 151 cm³/mol. The van der Waals surface area contributed by atoms with E-state index in [4.69, 9.17) is 0 Å². The Balaban J connectivity index is 2.03. The van der Waals surface area contributed by atoms with Crippen LogP contribution in [0.25, 0.3) is 0 Å². The number of sulfonamides is 1. The summed E-state index contributed by atoms with van der Waals surface area (Å²) in [5.41, 5.74) is 2.97. The summed E-state index contributed by atoms with van der Waals surface area (Å²) in [6.07, 6.45) is 0.751. The van der Waals surface area contributed by atoms with E-state index in [2.05, 4.69) is 5.32 Å². The fraction of sp³-hybridized carbons (Fsp3) is 0.333. The highest BCUT2D eigenvalue weighted by molar-refractivity contribution is 7.92. The summed E-state index contributed by atoms with van der Waals surface area (Å²) >= 11 is 0. The van der Waals surface area contributed by atoms with Gasteiger partial charge in [-0.2, -0.15) is 0 Å². The molecule has 0 aliphatic carbocycles. The molecular weight excluding hydrogens is 498 g/mol. The lowest BCUT2D eigenvalue weighted by Gasteiger charge is -2.33. The Labute approximate surface area is 226 Å². The summed E-state index contributed by atoms with van der Waals surface area (Å²) in [7, 11) is -4.07. The molecule has 2 atom stereocenters. The van der Waals surface area contributed by atoms with Crippen molar-refractivity contribution in [3.05, 3.63) is 95.6 Å². The Bertz CT molecular complexity index is 1340. The van der Waals surface area contributed by atoms with Gasteiger partial charge in [-0.25, -0.2) is 8.42 Å². The van der Waals surface area contributed by atoms with Gasteiger partial charge in [-0.15, -0.1) is 0 Å². The number of nitrogens with one attached hydrogen (secondary N) is 1. The van der Waals surface area contributed by atoms with Gasteiger partial charge in [0.1, 0.15) is 12.6 Å². The first-order chi connectivity index (χ1) is 18.0. The van der Waals surface area contributed by atoms with Crippen molar-refractivity contribution >= 4 is 27.5 Å². The van der Waals surface area contributed by atoms with E-state index in [9.17, 15) is 18.0 Å². The van der Waals surface area contributed by atoms with E-state index in [1.807, 2.05) is 70.2 Å². The first-order valence-corrected chi connectivity index (χ1v) is 14.3. The second-order valence-electron chi connectivity index (χ2n) is 9.62. The molecule has 0 fully saturated rings. The molecule has 0 heterocycles. The van der Waals surface area contributed by atoms with Crippen molar-refractivity contribution in [2.45, 2.75) is 64.6 Å². The average Bonchev–Trinajstić information content (AvgIpc) is 2.91. The Morgan fingerprint density at radius 2 is 1.50 bits per heavy atom. The minimum absolute atomic E-state index is 0.0520. The molecule has 202 valence electrons. The third kappa shape index (κ3) is 7.01. The number of nitrogens with zero attached hydrogens (tertiary/aromatic N) is 2. The third-order valence-corrected chi connectivity index (χ3v) is 8.37. The van der Waals surface area contributed by atoms with Crippen LogP contribution in [0.15, 0.2) is 83.8 Å². The molecule has 0 saturated carbocycles. The lowest BCUT2D eigenvalue weighted by Crippen LogP contribution is -2.52. The number of aryl methyl sites for hydroxylation is 2. The monoisotopic (exact) mass is 535 g/mol. The molecule has 0 saturated heterocycles. The van der Waals surface area contributed by atoms with Crippen LogP contribution in [-0.4, -0.2) is 43.8 Å². The maximum absolute atomic E-state index is 13.9. The van der Waals surface area contributed by atoms with Gasteiger partial charge >= 0.3 is 0 Å². The Hall–Kier alpha value is -3.65. The molecule has 0 bridgehead atoms. The number of anilines is 1. The van der Waals surface area contributed by atoms with E-state index in [1.165, 1.54) is 17.0 Å². The molecule has 8 heteroatoms. The van der Waals surface area contributed by atoms with E-state index < -0.39 is 28.5 Å². The first kappa shape index (κ1) is 28.9. The Morgan fingerprint density at radius 1 is 0.895 bits per heavy atom. The van der Waals surface area contributed by atoms with Gasteiger partial charge in [0, 0.05) is 12.6 Å². The van der Waals surface area contributed by atoms with Gasteiger partial charge in [0.05, 0.1) is 10.6 Å². The summed E-state index contributed by atoms with van der Waals surface area (Å²) in [5, 5.41) is 2.94. The van der Waals surface area contributed by atoms with Crippen LogP contribution in [0.4, 0.5) is 5.69 Å². The summed E-state index contributed by atoms with van der Waals surface area (Å²) in [6, 6.07) is 22.0. The number of hydrogen-bond donors (Lipinski definition) is 1. The highest BCUT2D eigenvalue weighted by atomic mass is 32.2. The van der Waals surface area contributed by atoms with E-state index in [-0.39, 0.29) is 23.4 Å². The molecule has 1 N–H and O–H groups in total. The van der Waals surface area contributed by atoms with Crippen LogP contribution in [0.3, 0.4) is 0 Å². The molecule has 2 amide bonds. The van der Waals surface area contributed by atoms with E-state index in [0.29, 0.717) is 5.69 Å². The summed E-state index contributed by atoms with van der Waals surface area (Å²) < 4.78 is 28.9. The van der Waals surface area contributed by atoms with Crippen molar-refractivity contribution in [2.75, 3.05) is 10.8 Å². The second kappa shape index (κ2) is 12.7. The molecular formula is C30H37N3O4S. The average molecular weight is 536 g/mol. The Kier molecular flexibility index (Phi) is 9.69. The number of hydrogen-bond acceptors (Lipinski definition) is 4. The number of carbonyl (C=O) groups excluding carboxylic acids is 2. The highest BCUT2D eigenvalue weighted by Gasteiger charge is 2.33. The van der Waals surface area contributed by atoms with Crippen LogP contribution in [-0.2, 0) is 26.2 Å². The van der Waals surface area contributed by atoms with Crippen molar-refractivity contribution in [3.8, 4) is 0 Å². The van der Waals surface area contributed by atoms with Crippen molar-refractivity contribution in [2.24, 2.45) is 0 Å². The topological polar surface area (TPSA) is 86.8 Å². The van der Waals surface area contributed by atoms with E-state index >= 15 is 0 Å². The summed E-state index contributed by atoms with van der Waals surface area (Å²) in [5.74, 6) is -0.757. The second-order valence-corrected chi connectivity index (χ2v) is 11.5. The zero-order valence-corrected chi connectivity index (χ0v) is 23.5. The fourth-order valence-electron chi connectivity index (χ4n) is 4.15. The van der Waals surface area contributed by atoms with Gasteiger partial charge in [0.2, 0.25) is 11.8 Å². The molecule has 0 radical (unpaired) electrons. The van der Waals surface area contributed by atoms with Crippen molar-refractivity contribution in [1.82, 2.24) is 10.2 Å². The van der Waals surface area contributed by atoms with Crippen LogP contribution in [0.2, 0.25) is 0 Å². The van der Waals surface area contributed by atoms with Gasteiger partial charge in [-0.1, -0.05) is 73.2 Å². The normalized spacial score (nSPS) is 12.9. The zero-order chi connectivity index (χ0) is 27.9. The fourth-order valence-corrected chi connectivity index (χ4v) is 5.65. The lowest BCUT2D eigenvalue weighted by molar-refractivity contribution is -0.139. The van der Waals surface area contributed by atoms with Gasteiger partial charge < -0.3 is 10.2 Å². The molecule has 3 aromatic rings. The SMILES string of the molecule is CC[C@@H](C)NC(=O)[C@H](C)N(Cc1ccccc1)C(=O)CN(c1ccc(C)cc1C)S(=O)(=O)c1ccccc1. The number of rotatable bonds is 11. The molecule has 7 nitrogen and oxygen atoms in total. The van der Waals surface area contributed by atoms with E-state index in [0.717, 1.165) is 27.4 Å². The number of carbonyl (C=O) groups is 2. The smallest absolute Gasteiger partial charge is 0.264 e. The van der Waals surface area contributed by atoms with Crippen molar-refractivity contribution in [3.63, 3.8) is 0 Å². The van der Waals surface area contributed by atoms with Gasteiger partial charge in [-0.05, 0) is 63.4 Å². The molecule has 0 aliphatic rings. The minimum Gasteiger partial charge on any atom is -0.352 e. The number of benzene rings is 3. The van der Waals surface area contributed by atoms with Crippen LogP contribution in [0.1, 0.15) is 43.9 Å². The standard InChI is InChI=1S/C30H37N3O4S/c1-6-24(4)31-30(35)25(5)32(20-26-13-9-7-10-14-26)29(34)21-33(28-18-17-22(2)19-23(28)3)38(36,37)27-15-11-8-12-16-27/h7-19,24-25H,6,20-21H2,1-5H3,(H,31,35)/t24-,25+/m1/s1. The molecule has 0 spiro atoms. The molecule has 38 heavy (non-hydrogen) atoms. The van der Waals surface area contributed by atoms with Gasteiger partial charge in [-0.3, -0.25) is 13.9 Å². The maximum Gasteiger partial charge on any atom is 0.264 e. The predicted octanol–water partition coefficient (Wildman–Crippen LogP) is 4.83. The Morgan fingerprint density at radius 3 is 2.08 bits per heavy atom. The van der Waals surface area contributed by atoms with Gasteiger partial charge in [0.15, 0.2) is 0 Å². The zero-order valence-electron chi connectivity index (χ0n) is 22.7. The van der Waals surface area contributed by atoms with Crippen LogP contribution >= 0.6 is 0 Å². The molecule has 0 unspecified atom stereocenters. The summed E-state index contributed by atoms with van der Waals surface area (Å²) in [6.45, 7) is 9.02. The van der Waals surface area contributed by atoms with Crippen molar-refractivity contribution < 1.29 is 18.0 Å². The largest absolute Gasteiger partial charge is 0.352 e. The molecule has 0 aliphatic heterocycles. The van der Waals surface area contributed by atoms with Crippen LogP contribution in [0.5, 0.6) is 0 Å². The molecule has 3 rings (SSSR count). The summed E-state index contributed by atoms with van der Waals surface area (Å²) in [4.78, 5) is 28.5. The molecule has 3 aromatic carbocycles. The van der Waals surface area contributed by atoms with Crippen LogP contribution < -0.4 is 9.62 Å². The molecule has 0 aromatic heterocycles. The maximum atomic E-state index is 13.9. The highest BCUT2D eigenvalue weighted by Crippen LogP contribution is 2.28. The lowest BCUT2D eigenvalue weighted by atomic mass is 10.1. The quantitative estimate of drug-likeness (QED) is 0.381. The van der Waals surface area contributed by atoms with Crippen molar-refractivity contribution in [1.29, 1.82) is 0 Å². The number of amides is 2. The first-order valence-electron chi connectivity index (χ1n) is 12.8. The minimum atomic E-state index is -4.07. The third-order valence-electron chi connectivity index (χ3n) is 6.60. The van der Waals surface area contributed by atoms with Gasteiger partial charge in [0.25, 0.3) is 10.0 Å². The van der Waals surface area contributed by atoms with Crippen LogP contribution in [0, 0.1) is 13.8 Å².